The molecule has 74 valence electrons. The molecule has 1 unspecified atom stereocenters. The Bertz CT molecular complexity index is 345. The van der Waals surface area contributed by atoms with Crippen LogP contribution < -0.4 is 0 Å². The maximum absolute atomic E-state index is 12.7. The third-order valence-corrected chi connectivity index (χ3v) is 3.16. The van der Waals surface area contributed by atoms with Gasteiger partial charge in [0.1, 0.15) is 5.82 Å². The minimum absolute atomic E-state index is 0.190. The third-order valence-electron chi connectivity index (χ3n) is 2.41. The van der Waals surface area contributed by atoms with Crippen molar-refractivity contribution in [3.8, 4) is 0 Å². The molecule has 0 bridgehead atoms. The summed E-state index contributed by atoms with van der Waals surface area (Å²) in [6.07, 6.45) is 2.10. The van der Waals surface area contributed by atoms with E-state index in [-0.39, 0.29) is 5.82 Å². The van der Waals surface area contributed by atoms with E-state index in [1.807, 2.05) is 0 Å². The molecular formula is C11H11BrFN. The van der Waals surface area contributed by atoms with Crippen molar-refractivity contribution >= 4 is 21.6 Å². The second-order valence-electron chi connectivity index (χ2n) is 3.43. The number of halogens is 2. The first kappa shape index (κ1) is 9.84. The molecule has 2 rings (SSSR count). The number of aliphatic imine (C=N–C) groups is 1. The zero-order valence-electron chi connectivity index (χ0n) is 7.71. The Morgan fingerprint density at radius 2 is 2.07 bits per heavy atom. The van der Waals surface area contributed by atoms with Crippen LogP contribution in [0.4, 0.5) is 4.39 Å². The van der Waals surface area contributed by atoms with Crippen LogP contribution in [0.1, 0.15) is 18.4 Å². The summed E-state index contributed by atoms with van der Waals surface area (Å²) in [5.41, 5.74) is 2.16. The van der Waals surface area contributed by atoms with Gasteiger partial charge < -0.3 is 0 Å². The van der Waals surface area contributed by atoms with Crippen molar-refractivity contribution < 1.29 is 4.39 Å². The molecule has 0 spiro atoms. The van der Waals surface area contributed by atoms with E-state index in [4.69, 9.17) is 0 Å². The molecule has 1 aromatic rings. The highest BCUT2D eigenvalue weighted by Gasteiger charge is 2.17. The number of rotatable bonds is 2. The van der Waals surface area contributed by atoms with E-state index in [2.05, 4.69) is 20.9 Å². The molecule has 1 nitrogen and oxygen atoms in total. The number of nitrogens with zero attached hydrogens (tertiary/aromatic N) is 1. The molecule has 0 saturated carbocycles. The van der Waals surface area contributed by atoms with Crippen molar-refractivity contribution in [1.29, 1.82) is 0 Å². The van der Waals surface area contributed by atoms with Gasteiger partial charge >= 0.3 is 0 Å². The molecule has 1 aliphatic heterocycles. The van der Waals surface area contributed by atoms with Crippen molar-refractivity contribution in [2.24, 2.45) is 4.99 Å². The Kier molecular flexibility index (Phi) is 2.96. The van der Waals surface area contributed by atoms with Gasteiger partial charge in [-0.05, 0) is 30.5 Å². The van der Waals surface area contributed by atoms with Gasteiger partial charge in [-0.3, -0.25) is 4.99 Å². The lowest BCUT2D eigenvalue weighted by Gasteiger charge is -1.99. The van der Waals surface area contributed by atoms with Gasteiger partial charge in [0.25, 0.3) is 0 Å². The third kappa shape index (κ3) is 2.03. The standard InChI is InChI=1S/C11H11BrFN/c12-7-10-5-6-11(14-10)8-1-3-9(13)4-2-8/h1-4,10H,5-7H2. The maximum Gasteiger partial charge on any atom is 0.123 e. The summed E-state index contributed by atoms with van der Waals surface area (Å²) in [5.74, 6) is -0.190. The van der Waals surface area contributed by atoms with Crippen LogP contribution in [0.2, 0.25) is 0 Å². The zero-order chi connectivity index (χ0) is 9.97. The van der Waals surface area contributed by atoms with E-state index < -0.39 is 0 Å². The second kappa shape index (κ2) is 4.22. The molecule has 1 heterocycles. The van der Waals surface area contributed by atoms with Gasteiger partial charge in [-0.25, -0.2) is 4.39 Å². The lowest BCUT2D eigenvalue weighted by atomic mass is 10.1. The fraction of sp³-hybridized carbons (Fsp3) is 0.364. The molecule has 0 saturated heterocycles. The SMILES string of the molecule is Fc1ccc(C2=NC(CBr)CC2)cc1. The minimum Gasteiger partial charge on any atom is -0.285 e. The van der Waals surface area contributed by atoms with E-state index in [9.17, 15) is 4.39 Å². The molecule has 3 heteroatoms. The summed E-state index contributed by atoms with van der Waals surface area (Å²) in [7, 11) is 0. The molecule has 0 aliphatic carbocycles. The predicted molar refractivity (Wildman–Crippen MR) is 59.8 cm³/mol. The van der Waals surface area contributed by atoms with Gasteiger partial charge in [-0.1, -0.05) is 28.1 Å². The van der Waals surface area contributed by atoms with E-state index in [1.54, 1.807) is 12.1 Å². The summed E-state index contributed by atoms with van der Waals surface area (Å²) in [6, 6.07) is 6.96. The lowest BCUT2D eigenvalue weighted by Crippen LogP contribution is -1.98. The van der Waals surface area contributed by atoms with Gasteiger partial charge in [0, 0.05) is 11.0 Å². The highest BCUT2D eigenvalue weighted by atomic mass is 79.9. The van der Waals surface area contributed by atoms with Crippen molar-refractivity contribution in [2.45, 2.75) is 18.9 Å². The summed E-state index contributed by atoms with van der Waals surface area (Å²) in [4.78, 5) is 4.55. The van der Waals surface area contributed by atoms with Gasteiger partial charge in [-0.15, -0.1) is 0 Å². The highest BCUT2D eigenvalue weighted by Crippen LogP contribution is 2.19. The van der Waals surface area contributed by atoms with Gasteiger partial charge in [-0.2, -0.15) is 0 Å². The van der Waals surface area contributed by atoms with E-state index >= 15 is 0 Å². The van der Waals surface area contributed by atoms with Gasteiger partial charge in [0.15, 0.2) is 0 Å². The number of alkyl halides is 1. The molecule has 0 aromatic heterocycles. The van der Waals surface area contributed by atoms with Crippen LogP contribution in [-0.2, 0) is 0 Å². The number of hydrogen-bond acceptors (Lipinski definition) is 1. The Hall–Kier alpha value is -0.700. The minimum atomic E-state index is -0.190. The summed E-state index contributed by atoms with van der Waals surface area (Å²) >= 11 is 3.42. The molecule has 0 fully saturated rings. The van der Waals surface area contributed by atoms with Crippen molar-refractivity contribution in [3.05, 3.63) is 35.6 Å². The van der Waals surface area contributed by atoms with E-state index in [0.717, 1.165) is 29.4 Å². The Labute approximate surface area is 91.2 Å². The Morgan fingerprint density at radius 1 is 1.36 bits per heavy atom. The predicted octanol–water partition coefficient (Wildman–Crippen LogP) is 3.17. The average Bonchev–Trinajstić information content (AvgIpc) is 2.67. The summed E-state index contributed by atoms with van der Waals surface area (Å²) in [6.45, 7) is 0. The molecule has 1 aromatic carbocycles. The van der Waals surface area contributed by atoms with Crippen molar-refractivity contribution in [1.82, 2.24) is 0 Å². The summed E-state index contributed by atoms with van der Waals surface area (Å²) < 4.78 is 12.7. The molecule has 1 aliphatic rings. The largest absolute Gasteiger partial charge is 0.285 e. The second-order valence-corrected chi connectivity index (χ2v) is 4.08. The average molecular weight is 256 g/mol. The van der Waals surface area contributed by atoms with E-state index in [1.165, 1.54) is 12.1 Å². The smallest absolute Gasteiger partial charge is 0.123 e. The van der Waals surface area contributed by atoms with Gasteiger partial charge in [0.2, 0.25) is 0 Å². The highest BCUT2D eigenvalue weighted by molar-refractivity contribution is 9.09. The normalized spacial score (nSPS) is 21.0. The van der Waals surface area contributed by atoms with Crippen LogP contribution in [0.25, 0.3) is 0 Å². The van der Waals surface area contributed by atoms with Crippen LogP contribution >= 0.6 is 15.9 Å². The number of hydrogen-bond donors (Lipinski definition) is 0. The Balaban J connectivity index is 2.20. The molecule has 1 atom stereocenters. The first-order valence-electron chi connectivity index (χ1n) is 4.68. The topological polar surface area (TPSA) is 12.4 Å². The monoisotopic (exact) mass is 255 g/mol. The van der Waals surface area contributed by atoms with Crippen molar-refractivity contribution in [2.75, 3.05) is 5.33 Å². The molecular weight excluding hydrogens is 245 g/mol. The fourth-order valence-electron chi connectivity index (χ4n) is 1.63. The molecule has 0 amide bonds. The first-order valence-corrected chi connectivity index (χ1v) is 5.80. The van der Waals surface area contributed by atoms with Crippen molar-refractivity contribution in [3.63, 3.8) is 0 Å². The lowest BCUT2D eigenvalue weighted by molar-refractivity contribution is 0.628. The van der Waals surface area contributed by atoms with Crippen LogP contribution in [0, 0.1) is 5.82 Å². The number of benzene rings is 1. The zero-order valence-corrected chi connectivity index (χ0v) is 9.30. The van der Waals surface area contributed by atoms with Crippen LogP contribution in [0.15, 0.2) is 29.3 Å². The first-order chi connectivity index (χ1) is 6.79. The quantitative estimate of drug-likeness (QED) is 0.720. The Morgan fingerprint density at radius 3 is 2.64 bits per heavy atom. The molecule has 14 heavy (non-hydrogen) atoms. The van der Waals surface area contributed by atoms with Crippen LogP contribution in [0.5, 0.6) is 0 Å². The van der Waals surface area contributed by atoms with Crippen LogP contribution in [0.3, 0.4) is 0 Å². The fourth-order valence-corrected chi connectivity index (χ4v) is 2.09. The van der Waals surface area contributed by atoms with E-state index in [0.29, 0.717) is 6.04 Å². The van der Waals surface area contributed by atoms with Crippen LogP contribution in [-0.4, -0.2) is 17.1 Å². The maximum atomic E-state index is 12.7. The van der Waals surface area contributed by atoms with Gasteiger partial charge in [0.05, 0.1) is 6.04 Å². The molecule has 0 radical (unpaired) electrons. The summed E-state index contributed by atoms with van der Waals surface area (Å²) in [5, 5.41) is 0.914. The molecule has 0 N–H and O–H groups in total.